The second kappa shape index (κ2) is 12.7. The average molecular weight is 249 g/mol. The monoisotopic (exact) mass is 249 g/mol. The third-order valence-electron chi connectivity index (χ3n) is 1.26. The molecule has 0 saturated carbocycles. The summed E-state index contributed by atoms with van der Waals surface area (Å²) in [6, 6.07) is 0. The summed E-state index contributed by atoms with van der Waals surface area (Å²) in [5.74, 6) is 0. The molecule has 0 aromatic heterocycles. The van der Waals surface area contributed by atoms with Crippen molar-refractivity contribution in [3.05, 3.63) is 0 Å². The van der Waals surface area contributed by atoms with Crippen molar-refractivity contribution in [2.75, 3.05) is 6.61 Å². The summed E-state index contributed by atoms with van der Waals surface area (Å²) in [5.41, 5.74) is 0. The molecular formula is C7H16CsO. The Morgan fingerprint density at radius 2 is 1.56 bits per heavy atom. The van der Waals surface area contributed by atoms with Crippen LogP contribution in [0.1, 0.15) is 39.0 Å². The van der Waals surface area contributed by atoms with Gasteiger partial charge in [0, 0.05) is 75.5 Å². The van der Waals surface area contributed by atoms with Crippen molar-refractivity contribution in [3.8, 4) is 0 Å². The molecule has 0 atom stereocenters. The zero-order valence-corrected chi connectivity index (χ0v) is 13.0. The maximum atomic E-state index is 8.37. The minimum absolute atomic E-state index is 0. The Morgan fingerprint density at radius 3 is 2.00 bits per heavy atom. The van der Waals surface area contributed by atoms with E-state index in [0.29, 0.717) is 6.61 Å². The third-order valence-corrected chi connectivity index (χ3v) is 1.26. The van der Waals surface area contributed by atoms with Gasteiger partial charge in [0.25, 0.3) is 0 Å². The van der Waals surface area contributed by atoms with E-state index in [4.69, 9.17) is 5.11 Å². The van der Waals surface area contributed by atoms with E-state index in [1.807, 2.05) is 0 Å². The Hall–Kier alpha value is 2.01. The Morgan fingerprint density at radius 1 is 1.00 bits per heavy atom. The quantitative estimate of drug-likeness (QED) is 0.733. The molecule has 1 N–H and O–H groups in total. The van der Waals surface area contributed by atoms with Crippen LogP contribution in [-0.2, 0) is 0 Å². The molecule has 0 aliphatic rings. The topological polar surface area (TPSA) is 20.2 Å². The molecule has 1 radical (unpaired) electrons. The summed E-state index contributed by atoms with van der Waals surface area (Å²) >= 11 is 0. The summed E-state index contributed by atoms with van der Waals surface area (Å²) < 4.78 is 0. The first-order chi connectivity index (χ1) is 3.91. The molecular weight excluding hydrogens is 233 g/mol. The Kier molecular flexibility index (Phi) is 19.1. The standard InChI is InChI=1S/C7H16O.Cs/c1-2-3-4-5-6-7-8;/h8H,2-7H2,1H3;. The van der Waals surface area contributed by atoms with E-state index in [2.05, 4.69) is 6.92 Å². The van der Waals surface area contributed by atoms with E-state index in [-0.39, 0.29) is 68.9 Å². The van der Waals surface area contributed by atoms with Gasteiger partial charge in [0.2, 0.25) is 0 Å². The van der Waals surface area contributed by atoms with Gasteiger partial charge in [-0.25, -0.2) is 0 Å². The summed E-state index contributed by atoms with van der Waals surface area (Å²) in [6.45, 7) is 2.56. The van der Waals surface area contributed by atoms with Gasteiger partial charge in [-0.05, 0) is 6.42 Å². The van der Waals surface area contributed by atoms with Crippen LogP contribution >= 0.6 is 0 Å². The van der Waals surface area contributed by atoms with Gasteiger partial charge in [0.05, 0.1) is 0 Å². The molecule has 1 nitrogen and oxygen atoms in total. The fourth-order valence-corrected chi connectivity index (χ4v) is 0.715. The molecule has 2 heteroatoms. The van der Waals surface area contributed by atoms with Crippen molar-refractivity contribution in [1.82, 2.24) is 0 Å². The molecule has 0 bridgehead atoms. The smallest absolute Gasteiger partial charge is 0.0431 e. The molecule has 0 spiro atoms. The van der Waals surface area contributed by atoms with Crippen LogP contribution in [0.25, 0.3) is 0 Å². The second-order valence-electron chi connectivity index (χ2n) is 2.14. The zero-order chi connectivity index (χ0) is 6.24. The summed E-state index contributed by atoms with van der Waals surface area (Å²) in [4.78, 5) is 0. The maximum absolute atomic E-state index is 8.37. The van der Waals surface area contributed by atoms with Crippen LogP contribution in [0.15, 0.2) is 0 Å². The molecule has 0 heterocycles. The summed E-state index contributed by atoms with van der Waals surface area (Å²) in [5, 5.41) is 8.37. The number of aliphatic hydroxyl groups is 1. The molecule has 0 aliphatic heterocycles. The number of unbranched alkanes of at least 4 members (excludes halogenated alkanes) is 4. The van der Waals surface area contributed by atoms with E-state index in [1.165, 1.54) is 25.7 Å². The van der Waals surface area contributed by atoms with Gasteiger partial charge in [0.15, 0.2) is 0 Å². The average Bonchev–Trinajstić information content (AvgIpc) is 1.81. The Balaban J connectivity index is 0. The maximum Gasteiger partial charge on any atom is 0.0431 e. The van der Waals surface area contributed by atoms with Gasteiger partial charge in [-0.3, -0.25) is 0 Å². The SMILES string of the molecule is CCCCCCCO.[Cs]. The molecule has 0 aliphatic carbocycles. The first-order valence-electron chi connectivity index (χ1n) is 3.52. The van der Waals surface area contributed by atoms with Crippen LogP contribution in [0.3, 0.4) is 0 Å². The summed E-state index contributed by atoms with van der Waals surface area (Å²) in [7, 11) is 0. The first kappa shape index (κ1) is 13.6. The van der Waals surface area contributed by atoms with Crippen molar-refractivity contribution >= 4 is 68.9 Å². The van der Waals surface area contributed by atoms with Crippen molar-refractivity contribution in [3.63, 3.8) is 0 Å². The molecule has 0 amide bonds. The van der Waals surface area contributed by atoms with Gasteiger partial charge < -0.3 is 5.11 Å². The molecule has 0 aromatic carbocycles. The van der Waals surface area contributed by atoms with Crippen molar-refractivity contribution in [2.24, 2.45) is 0 Å². The molecule has 0 saturated heterocycles. The molecule has 0 unspecified atom stereocenters. The van der Waals surface area contributed by atoms with E-state index >= 15 is 0 Å². The van der Waals surface area contributed by atoms with E-state index < -0.39 is 0 Å². The molecule has 9 heavy (non-hydrogen) atoms. The van der Waals surface area contributed by atoms with Crippen LogP contribution in [0.4, 0.5) is 0 Å². The van der Waals surface area contributed by atoms with Crippen LogP contribution in [-0.4, -0.2) is 80.6 Å². The Labute approximate surface area is 117 Å². The van der Waals surface area contributed by atoms with E-state index in [1.54, 1.807) is 0 Å². The van der Waals surface area contributed by atoms with Gasteiger partial charge in [-0.1, -0.05) is 32.6 Å². The first-order valence-corrected chi connectivity index (χ1v) is 3.52. The van der Waals surface area contributed by atoms with Gasteiger partial charge in [0.1, 0.15) is 0 Å². The van der Waals surface area contributed by atoms with Gasteiger partial charge in [-0.15, -0.1) is 0 Å². The normalized spacial score (nSPS) is 8.67. The predicted molar refractivity (Wildman–Crippen MR) is 41.6 cm³/mol. The molecule has 0 aromatic rings. The van der Waals surface area contributed by atoms with Crippen molar-refractivity contribution < 1.29 is 5.11 Å². The zero-order valence-electron chi connectivity index (χ0n) is 6.69. The fourth-order valence-electron chi connectivity index (χ4n) is 0.715. The van der Waals surface area contributed by atoms with Crippen LogP contribution in [0.2, 0.25) is 0 Å². The van der Waals surface area contributed by atoms with Crippen LogP contribution in [0.5, 0.6) is 0 Å². The third kappa shape index (κ3) is 13.1. The minimum atomic E-state index is 0. The number of hydrogen-bond donors (Lipinski definition) is 1. The minimum Gasteiger partial charge on any atom is -0.396 e. The molecule has 0 rings (SSSR count). The molecule has 51 valence electrons. The van der Waals surface area contributed by atoms with Gasteiger partial charge >= 0.3 is 0 Å². The second-order valence-corrected chi connectivity index (χ2v) is 2.14. The number of rotatable bonds is 5. The Bertz CT molecular complexity index is 33.9. The summed E-state index contributed by atoms with van der Waals surface area (Å²) in [6.07, 6.45) is 6.08. The number of aliphatic hydroxyl groups excluding tert-OH is 1. The fraction of sp³-hybridized carbons (Fsp3) is 1.00. The van der Waals surface area contributed by atoms with E-state index in [9.17, 15) is 0 Å². The predicted octanol–water partition coefficient (Wildman–Crippen LogP) is 1.57. The van der Waals surface area contributed by atoms with Crippen molar-refractivity contribution in [2.45, 2.75) is 39.0 Å². The van der Waals surface area contributed by atoms with Gasteiger partial charge in [-0.2, -0.15) is 0 Å². The van der Waals surface area contributed by atoms with Crippen LogP contribution in [0, 0.1) is 0 Å². The van der Waals surface area contributed by atoms with Crippen molar-refractivity contribution in [1.29, 1.82) is 0 Å². The molecule has 0 fully saturated rings. The number of hydrogen-bond acceptors (Lipinski definition) is 1. The van der Waals surface area contributed by atoms with E-state index in [0.717, 1.165) is 6.42 Å². The largest absolute Gasteiger partial charge is 0.396 e. The van der Waals surface area contributed by atoms with Crippen LogP contribution < -0.4 is 0 Å².